The van der Waals surface area contributed by atoms with Gasteiger partial charge in [0.25, 0.3) is 0 Å². The molecule has 0 saturated carbocycles. The van der Waals surface area contributed by atoms with E-state index in [2.05, 4.69) is 31.0 Å². The standard InChI is InChI=1S/C16H32N2O/c1-4-8-17-15-13-19-12-14(15)11-18-9-5-6-16(2,3)7-10-18/h14-15,17H,4-13H2,1-3H3. The highest BCUT2D eigenvalue weighted by molar-refractivity contribution is 4.85. The van der Waals surface area contributed by atoms with Crippen LogP contribution in [0.5, 0.6) is 0 Å². The summed E-state index contributed by atoms with van der Waals surface area (Å²) in [6, 6.07) is 0.580. The Morgan fingerprint density at radius 1 is 1.21 bits per heavy atom. The Bertz CT molecular complexity index is 267. The number of rotatable bonds is 5. The summed E-state index contributed by atoms with van der Waals surface area (Å²) in [5, 5.41) is 3.65. The number of nitrogens with one attached hydrogen (secondary N) is 1. The van der Waals surface area contributed by atoms with E-state index in [-0.39, 0.29) is 0 Å². The van der Waals surface area contributed by atoms with Crippen LogP contribution >= 0.6 is 0 Å². The molecule has 3 nitrogen and oxygen atoms in total. The summed E-state index contributed by atoms with van der Waals surface area (Å²) in [6.07, 6.45) is 5.28. The molecule has 2 fully saturated rings. The third-order valence-electron chi connectivity index (χ3n) is 4.78. The van der Waals surface area contributed by atoms with E-state index >= 15 is 0 Å². The third kappa shape index (κ3) is 4.73. The van der Waals surface area contributed by atoms with Crippen LogP contribution in [-0.4, -0.2) is 50.3 Å². The van der Waals surface area contributed by atoms with E-state index in [9.17, 15) is 0 Å². The van der Waals surface area contributed by atoms with Crippen LogP contribution in [0.15, 0.2) is 0 Å². The van der Waals surface area contributed by atoms with E-state index in [1.807, 2.05) is 0 Å². The van der Waals surface area contributed by atoms with E-state index in [0.29, 0.717) is 17.4 Å². The van der Waals surface area contributed by atoms with Gasteiger partial charge in [-0.05, 0) is 50.7 Å². The quantitative estimate of drug-likeness (QED) is 0.829. The number of hydrogen-bond acceptors (Lipinski definition) is 3. The zero-order valence-corrected chi connectivity index (χ0v) is 13.1. The second-order valence-electron chi connectivity index (χ2n) is 7.18. The summed E-state index contributed by atoms with van der Waals surface area (Å²) in [7, 11) is 0. The molecular weight excluding hydrogens is 236 g/mol. The SMILES string of the molecule is CCCNC1COCC1CN1CCCC(C)(C)CC1. The monoisotopic (exact) mass is 268 g/mol. The van der Waals surface area contributed by atoms with Crippen molar-refractivity contribution >= 4 is 0 Å². The highest BCUT2D eigenvalue weighted by atomic mass is 16.5. The van der Waals surface area contributed by atoms with Gasteiger partial charge in [-0.15, -0.1) is 0 Å². The van der Waals surface area contributed by atoms with Crippen molar-refractivity contribution in [2.45, 2.75) is 52.5 Å². The van der Waals surface area contributed by atoms with Crippen molar-refractivity contribution in [2.24, 2.45) is 11.3 Å². The largest absolute Gasteiger partial charge is 0.379 e. The van der Waals surface area contributed by atoms with Gasteiger partial charge < -0.3 is 15.0 Å². The van der Waals surface area contributed by atoms with Crippen LogP contribution in [0.1, 0.15) is 46.5 Å². The van der Waals surface area contributed by atoms with Gasteiger partial charge in [0.15, 0.2) is 0 Å². The van der Waals surface area contributed by atoms with Gasteiger partial charge >= 0.3 is 0 Å². The van der Waals surface area contributed by atoms with Crippen molar-refractivity contribution in [3.8, 4) is 0 Å². The van der Waals surface area contributed by atoms with Crippen molar-refractivity contribution in [1.29, 1.82) is 0 Å². The first kappa shape index (κ1) is 15.3. The smallest absolute Gasteiger partial charge is 0.0623 e. The molecule has 1 N–H and O–H groups in total. The minimum Gasteiger partial charge on any atom is -0.379 e. The molecule has 2 heterocycles. The van der Waals surface area contributed by atoms with E-state index in [1.54, 1.807) is 0 Å². The molecule has 2 saturated heterocycles. The molecular formula is C16H32N2O. The summed E-state index contributed by atoms with van der Waals surface area (Å²) in [5.41, 5.74) is 0.542. The van der Waals surface area contributed by atoms with Gasteiger partial charge in [-0.2, -0.15) is 0 Å². The Kier molecular flexibility index (Phi) is 5.67. The Hall–Kier alpha value is -0.120. The molecule has 2 aliphatic rings. The first-order valence-corrected chi connectivity index (χ1v) is 8.14. The molecule has 0 radical (unpaired) electrons. The summed E-state index contributed by atoms with van der Waals surface area (Å²) in [4.78, 5) is 2.68. The molecule has 0 amide bonds. The average Bonchev–Trinajstić information content (AvgIpc) is 2.72. The van der Waals surface area contributed by atoms with Gasteiger partial charge in [-0.25, -0.2) is 0 Å². The molecule has 2 unspecified atom stereocenters. The lowest BCUT2D eigenvalue weighted by molar-refractivity contribution is 0.166. The predicted molar refractivity (Wildman–Crippen MR) is 80.5 cm³/mol. The summed E-state index contributed by atoms with van der Waals surface area (Å²) < 4.78 is 5.69. The molecule has 0 aromatic heterocycles. The maximum atomic E-state index is 5.69. The van der Waals surface area contributed by atoms with Gasteiger partial charge in [0, 0.05) is 18.5 Å². The van der Waals surface area contributed by atoms with Crippen molar-refractivity contribution in [3.05, 3.63) is 0 Å². The van der Waals surface area contributed by atoms with Crippen LogP contribution in [0.3, 0.4) is 0 Å². The van der Waals surface area contributed by atoms with Crippen molar-refractivity contribution in [2.75, 3.05) is 39.4 Å². The normalized spacial score (nSPS) is 32.4. The maximum absolute atomic E-state index is 5.69. The van der Waals surface area contributed by atoms with Crippen molar-refractivity contribution < 1.29 is 4.74 Å². The minimum absolute atomic E-state index is 0.542. The van der Waals surface area contributed by atoms with E-state index < -0.39 is 0 Å². The van der Waals surface area contributed by atoms with E-state index in [0.717, 1.165) is 19.8 Å². The molecule has 19 heavy (non-hydrogen) atoms. The Morgan fingerprint density at radius 2 is 2.05 bits per heavy atom. The van der Waals surface area contributed by atoms with Gasteiger partial charge in [-0.1, -0.05) is 20.8 Å². The average molecular weight is 268 g/mol. The molecule has 0 spiro atoms. The fraction of sp³-hybridized carbons (Fsp3) is 1.00. The second kappa shape index (κ2) is 7.05. The second-order valence-corrected chi connectivity index (χ2v) is 7.18. The molecule has 2 aliphatic heterocycles. The molecule has 3 heteroatoms. The van der Waals surface area contributed by atoms with Gasteiger partial charge in [0.05, 0.1) is 13.2 Å². The van der Waals surface area contributed by atoms with Crippen LogP contribution in [-0.2, 0) is 4.74 Å². The lowest BCUT2D eigenvalue weighted by Gasteiger charge is -2.27. The Morgan fingerprint density at radius 3 is 2.84 bits per heavy atom. The lowest BCUT2D eigenvalue weighted by atomic mass is 9.85. The zero-order chi connectivity index (χ0) is 13.7. The lowest BCUT2D eigenvalue weighted by Crippen LogP contribution is -2.42. The maximum Gasteiger partial charge on any atom is 0.0623 e. The molecule has 0 aromatic carbocycles. The molecule has 0 aliphatic carbocycles. The summed E-state index contributed by atoms with van der Waals surface area (Å²) >= 11 is 0. The predicted octanol–water partition coefficient (Wildman–Crippen LogP) is 2.51. The molecule has 2 atom stereocenters. The molecule has 0 aromatic rings. The molecule has 112 valence electrons. The minimum atomic E-state index is 0.542. The van der Waals surface area contributed by atoms with Gasteiger partial charge in [-0.3, -0.25) is 0 Å². The fourth-order valence-electron chi connectivity index (χ4n) is 3.33. The number of likely N-dealkylation sites (tertiary alicyclic amines) is 1. The summed E-state index contributed by atoms with van der Waals surface area (Å²) in [6.45, 7) is 13.8. The van der Waals surface area contributed by atoms with Crippen LogP contribution in [0.2, 0.25) is 0 Å². The van der Waals surface area contributed by atoms with E-state index in [1.165, 1.54) is 45.3 Å². The highest BCUT2D eigenvalue weighted by Crippen LogP contribution is 2.30. The third-order valence-corrected chi connectivity index (χ3v) is 4.78. The summed E-state index contributed by atoms with van der Waals surface area (Å²) in [5.74, 6) is 0.688. The van der Waals surface area contributed by atoms with Crippen LogP contribution < -0.4 is 5.32 Å². The van der Waals surface area contributed by atoms with Crippen LogP contribution in [0.25, 0.3) is 0 Å². The Labute approximate surface area is 119 Å². The van der Waals surface area contributed by atoms with Crippen LogP contribution in [0, 0.1) is 11.3 Å². The first-order valence-electron chi connectivity index (χ1n) is 8.14. The number of hydrogen-bond donors (Lipinski definition) is 1. The zero-order valence-electron chi connectivity index (χ0n) is 13.1. The van der Waals surface area contributed by atoms with Gasteiger partial charge in [0.1, 0.15) is 0 Å². The Balaban J connectivity index is 1.79. The fourth-order valence-corrected chi connectivity index (χ4v) is 3.33. The molecule has 0 bridgehead atoms. The van der Waals surface area contributed by atoms with E-state index in [4.69, 9.17) is 4.74 Å². The number of ether oxygens (including phenoxy) is 1. The number of nitrogens with zero attached hydrogens (tertiary/aromatic N) is 1. The van der Waals surface area contributed by atoms with Crippen molar-refractivity contribution in [1.82, 2.24) is 10.2 Å². The first-order chi connectivity index (χ1) is 9.11. The van der Waals surface area contributed by atoms with Gasteiger partial charge in [0.2, 0.25) is 0 Å². The topological polar surface area (TPSA) is 24.5 Å². The van der Waals surface area contributed by atoms with Crippen molar-refractivity contribution in [3.63, 3.8) is 0 Å². The molecule has 2 rings (SSSR count). The highest BCUT2D eigenvalue weighted by Gasteiger charge is 2.30. The van der Waals surface area contributed by atoms with Crippen LogP contribution in [0.4, 0.5) is 0 Å².